The van der Waals surface area contributed by atoms with Gasteiger partial charge in [-0.25, -0.2) is 0 Å². The molecule has 0 spiro atoms. The molecule has 0 radical (unpaired) electrons. The van der Waals surface area contributed by atoms with Crippen molar-refractivity contribution >= 4 is 13.3 Å². The molecule has 0 saturated heterocycles. The predicted octanol–water partition coefficient (Wildman–Crippen LogP) is 4.10. The maximum absolute atomic E-state index is 9.09. The van der Waals surface area contributed by atoms with Crippen LogP contribution in [-0.4, -0.2) is 31.3 Å². The van der Waals surface area contributed by atoms with Crippen molar-refractivity contribution in [1.82, 2.24) is 0 Å². The van der Waals surface area contributed by atoms with Gasteiger partial charge in [-0.05, 0) is 47.9 Å². The summed E-state index contributed by atoms with van der Waals surface area (Å²) in [7, 11) is 2.20. The van der Waals surface area contributed by atoms with E-state index >= 15 is 0 Å². The van der Waals surface area contributed by atoms with E-state index in [4.69, 9.17) is 10.2 Å². The first-order valence-corrected chi connectivity index (χ1v) is 11.2. The van der Waals surface area contributed by atoms with Gasteiger partial charge in [-0.1, -0.05) is 86.5 Å². The number of aliphatic hydroxyl groups excluding tert-OH is 2. The van der Waals surface area contributed by atoms with Crippen molar-refractivity contribution in [2.45, 2.75) is 69.6 Å². The Labute approximate surface area is 171 Å². The molecule has 0 aliphatic heterocycles. The third-order valence-corrected chi connectivity index (χ3v) is 6.45. The molecule has 28 heavy (non-hydrogen) atoms. The van der Waals surface area contributed by atoms with Crippen molar-refractivity contribution in [3.05, 3.63) is 53.6 Å². The van der Waals surface area contributed by atoms with Crippen molar-refractivity contribution in [2.24, 2.45) is 0 Å². The zero-order valence-electron chi connectivity index (χ0n) is 17.4. The summed E-state index contributed by atoms with van der Waals surface area (Å²) in [5, 5.41) is 18.2. The van der Waals surface area contributed by atoms with Gasteiger partial charge in [0.2, 0.25) is 0 Å². The van der Waals surface area contributed by atoms with Crippen LogP contribution in [0.15, 0.2) is 42.5 Å². The second-order valence-corrected chi connectivity index (χ2v) is 8.45. The molecule has 0 heterocycles. The Morgan fingerprint density at radius 3 is 1.86 bits per heavy atom. The zero-order valence-corrected chi connectivity index (χ0v) is 17.4. The Hall–Kier alpha value is -1.58. The first-order chi connectivity index (χ1) is 13.7. The molecule has 0 fully saturated rings. The minimum atomic E-state index is 0.121. The number of fused-ring (bicyclic) bond motifs is 3. The van der Waals surface area contributed by atoms with Gasteiger partial charge < -0.3 is 10.2 Å². The highest BCUT2D eigenvalue weighted by Crippen LogP contribution is 2.53. The number of hydrogen-bond donors (Lipinski definition) is 2. The molecule has 2 aromatic rings. The molecule has 0 aromatic heterocycles. The van der Waals surface area contributed by atoms with Crippen LogP contribution in [0.1, 0.15) is 75.3 Å². The van der Waals surface area contributed by atoms with Gasteiger partial charge in [-0.3, -0.25) is 0 Å². The summed E-state index contributed by atoms with van der Waals surface area (Å²) >= 11 is 0. The molecule has 0 bridgehead atoms. The van der Waals surface area contributed by atoms with E-state index in [0.717, 1.165) is 25.7 Å². The molecular formula is C25H35BO2. The van der Waals surface area contributed by atoms with Crippen molar-refractivity contribution in [3.8, 4) is 11.1 Å². The summed E-state index contributed by atoms with van der Waals surface area (Å²) in [4.78, 5) is 0. The lowest BCUT2D eigenvalue weighted by Crippen LogP contribution is -2.26. The molecule has 0 atom stereocenters. The van der Waals surface area contributed by atoms with Gasteiger partial charge in [0.05, 0.1) is 0 Å². The predicted molar refractivity (Wildman–Crippen MR) is 121 cm³/mol. The van der Waals surface area contributed by atoms with E-state index in [1.807, 2.05) is 0 Å². The maximum Gasteiger partial charge on any atom is 0.139 e. The molecular weight excluding hydrogens is 343 g/mol. The molecule has 1 aliphatic rings. The number of rotatable bonds is 12. The largest absolute Gasteiger partial charge is 0.396 e. The fourth-order valence-electron chi connectivity index (χ4n) is 5.02. The van der Waals surface area contributed by atoms with Crippen LogP contribution in [0.25, 0.3) is 11.1 Å². The second-order valence-electron chi connectivity index (χ2n) is 8.45. The Morgan fingerprint density at radius 1 is 0.643 bits per heavy atom. The monoisotopic (exact) mass is 378 g/mol. The Balaban J connectivity index is 1.89. The summed E-state index contributed by atoms with van der Waals surface area (Å²) in [5.74, 6) is 0. The van der Waals surface area contributed by atoms with Gasteiger partial charge in [0.1, 0.15) is 7.85 Å². The van der Waals surface area contributed by atoms with Crippen LogP contribution < -0.4 is 5.46 Å². The molecule has 150 valence electrons. The quantitative estimate of drug-likeness (QED) is 0.431. The van der Waals surface area contributed by atoms with Crippen molar-refractivity contribution < 1.29 is 10.2 Å². The number of aliphatic hydroxyl groups is 2. The summed E-state index contributed by atoms with van der Waals surface area (Å²) < 4.78 is 0. The van der Waals surface area contributed by atoms with E-state index in [-0.39, 0.29) is 5.41 Å². The van der Waals surface area contributed by atoms with E-state index in [1.165, 1.54) is 66.2 Å². The van der Waals surface area contributed by atoms with Crippen LogP contribution in [0.5, 0.6) is 0 Å². The van der Waals surface area contributed by atoms with Crippen molar-refractivity contribution in [1.29, 1.82) is 0 Å². The lowest BCUT2D eigenvalue weighted by molar-refractivity contribution is 0.279. The fourth-order valence-corrected chi connectivity index (χ4v) is 5.02. The molecule has 3 rings (SSSR count). The SMILES string of the molecule is Bc1ccc2c(c1)C(CCCCCCO)(CCCCCCO)c1ccccc1-2. The highest BCUT2D eigenvalue weighted by molar-refractivity contribution is 6.32. The Bertz CT molecular complexity index is 742. The highest BCUT2D eigenvalue weighted by atomic mass is 16.3. The fraction of sp³-hybridized carbons (Fsp3) is 0.520. The third-order valence-electron chi connectivity index (χ3n) is 6.45. The standard InChI is InChI=1S/C25H35BO2/c26-20-13-14-22-21-11-5-6-12-23(21)25(24(22)19-20,15-7-1-3-9-17-27)16-8-2-4-10-18-28/h5-6,11-14,19,27-28H,1-4,7-10,15-18,26H2. The average Bonchev–Trinajstić information content (AvgIpc) is 2.97. The number of unbranched alkanes of at least 4 members (excludes halogenated alkanes) is 6. The van der Waals surface area contributed by atoms with Gasteiger partial charge in [-0.2, -0.15) is 0 Å². The topological polar surface area (TPSA) is 40.5 Å². The van der Waals surface area contributed by atoms with Crippen LogP contribution >= 0.6 is 0 Å². The maximum atomic E-state index is 9.09. The molecule has 2 nitrogen and oxygen atoms in total. The van der Waals surface area contributed by atoms with Crippen molar-refractivity contribution in [2.75, 3.05) is 13.2 Å². The molecule has 2 aromatic carbocycles. The number of benzene rings is 2. The lowest BCUT2D eigenvalue weighted by Gasteiger charge is -2.33. The minimum absolute atomic E-state index is 0.121. The number of hydrogen-bond acceptors (Lipinski definition) is 2. The van der Waals surface area contributed by atoms with Gasteiger partial charge in [0.25, 0.3) is 0 Å². The van der Waals surface area contributed by atoms with Gasteiger partial charge >= 0.3 is 0 Å². The second kappa shape index (κ2) is 10.3. The normalized spacial score (nSPS) is 14.1. The van der Waals surface area contributed by atoms with Crippen LogP contribution in [-0.2, 0) is 5.41 Å². The lowest BCUT2D eigenvalue weighted by atomic mass is 9.70. The van der Waals surface area contributed by atoms with Crippen LogP contribution in [0, 0.1) is 0 Å². The molecule has 3 heteroatoms. The summed E-state index contributed by atoms with van der Waals surface area (Å²) in [6.45, 7) is 0.613. The summed E-state index contributed by atoms with van der Waals surface area (Å²) in [5.41, 5.74) is 7.35. The highest BCUT2D eigenvalue weighted by Gasteiger charge is 2.41. The molecule has 2 N–H and O–H groups in total. The van der Waals surface area contributed by atoms with Crippen LogP contribution in [0.3, 0.4) is 0 Å². The van der Waals surface area contributed by atoms with E-state index in [9.17, 15) is 0 Å². The Morgan fingerprint density at radius 2 is 1.21 bits per heavy atom. The zero-order chi connectivity index (χ0) is 19.8. The molecule has 0 saturated carbocycles. The molecule has 0 unspecified atom stereocenters. The smallest absolute Gasteiger partial charge is 0.139 e. The average molecular weight is 378 g/mol. The van der Waals surface area contributed by atoms with E-state index in [1.54, 1.807) is 0 Å². The van der Waals surface area contributed by atoms with E-state index < -0.39 is 0 Å². The van der Waals surface area contributed by atoms with Crippen LogP contribution in [0.2, 0.25) is 0 Å². The molecule has 1 aliphatic carbocycles. The van der Waals surface area contributed by atoms with E-state index in [0.29, 0.717) is 13.2 Å². The van der Waals surface area contributed by atoms with Gasteiger partial charge in [0.15, 0.2) is 0 Å². The first-order valence-electron chi connectivity index (χ1n) is 11.2. The van der Waals surface area contributed by atoms with E-state index in [2.05, 4.69) is 50.3 Å². The Kier molecular flexibility index (Phi) is 7.76. The summed E-state index contributed by atoms with van der Waals surface area (Å²) in [6, 6.07) is 16.0. The van der Waals surface area contributed by atoms with Gasteiger partial charge in [-0.15, -0.1) is 0 Å². The van der Waals surface area contributed by atoms with Crippen molar-refractivity contribution in [3.63, 3.8) is 0 Å². The van der Waals surface area contributed by atoms with Gasteiger partial charge in [0, 0.05) is 18.6 Å². The minimum Gasteiger partial charge on any atom is -0.396 e. The third kappa shape index (κ3) is 4.52. The van der Waals surface area contributed by atoms with Crippen LogP contribution in [0.4, 0.5) is 0 Å². The first kappa shape index (κ1) is 21.1. The summed E-state index contributed by atoms with van der Waals surface area (Å²) in [6.07, 6.45) is 11.2. The molecule has 0 amide bonds.